The topological polar surface area (TPSA) is 194 Å². The first-order valence-electron chi connectivity index (χ1n) is 11.8. The van der Waals surface area contributed by atoms with Crippen molar-refractivity contribution in [1.29, 1.82) is 0 Å². The second kappa shape index (κ2) is 10.1. The van der Waals surface area contributed by atoms with Crippen LogP contribution in [-0.4, -0.2) is 94.4 Å². The molecule has 0 bridgehead atoms. The molecule has 0 saturated carbocycles. The summed E-state index contributed by atoms with van der Waals surface area (Å²) in [5, 5.41) is 60.0. The fraction of sp³-hybridized carbons (Fsp3) is 0.480. The highest BCUT2D eigenvalue weighted by Gasteiger charge is 2.50. The Labute approximate surface area is 216 Å². The monoisotopic (exact) mass is 536 g/mol. The first-order valence-corrected chi connectivity index (χ1v) is 11.8. The molecule has 1 saturated heterocycles. The SMILES string of the molecule is COc1cc(CCO)c2c(c1OC)O[C@@H]1c3ccc(O[C@H]4O[C@H](C(=O)O)[C@@H](O)[C@H](O)[C@H]4O)cc3O[C@H](O)[C@@H]21. The quantitative estimate of drug-likeness (QED) is 0.264. The van der Waals surface area contributed by atoms with E-state index in [0.717, 1.165) is 0 Å². The van der Waals surface area contributed by atoms with E-state index in [1.165, 1.54) is 26.4 Å². The van der Waals surface area contributed by atoms with Crippen molar-refractivity contribution in [2.75, 3.05) is 20.8 Å². The number of aliphatic hydroxyl groups is 5. The van der Waals surface area contributed by atoms with Crippen LogP contribution >= 0.6 is 0 Å². The lowest BCUT2D eigenvalue weighted by molar-refractivity contribution is -0.271. The van der Waals surface area contributed by atoms with E-state index in [9.17, 15) is 35.4 Å². The van der Waals surface area contributed by atoms with Crippen molar-refractivity contribution in [2.45, 2.75) is 55.4 Å². The number of aliphatic carboxylic acids is 1. The molecule has 0 aliphatic carbocycles. The van der Waals surface area contributed by atoms with E-state index in [2.05, 4.69) is 0 Å². The molecular formula is C25H28O13. The molecule has 1 fully saturated rings. The van der Waals surface area contributed by atoms with Crippen LogP contribution in [0.15, 0.2) is 24.3 Å². The molecule has 3 heterocycles. The number of carboxylic acids is 1. The molecule has 13 nitrogen and oxygen atoms in total. The minimum absolute atomic E-state index is 0.0712. The van der Waals surface area contributed by atoms with Gasteiger partial charge in [0.1, 0.15) is 35.9 Å². The summed E-state index contributed by atoms with van der Waals surface area (Å²) < 4.78 is 33.8. The van der Waals surface area contributed by atoms with Crippen LogP contribution in [0.5, 0.6) is 28.7 Å². The van der Waals surface area contributed by atoms with Gasteiger partial charge in [-0.1, -0.05) is 0 Å². The Hall–Kier alpha value is -3.33. The second-order valence-electron chi connectivity index (χ2n) is 9.11. The number of ether oxygens (including phenoxy) is 6. The largest absolute Gasteiger partial charge is 0.493 e. The summed E-state index contributed by atoms with van der Waals surface area (Å²) in [4.78, 5) is 11.4. The zero-order chi connectivity index (χ0) is 27.3. The Bertz CT molecular complexity index is 1220. The van der Waals surface area contributed by atoms with Crippen molar-refractivity contribution in [3.63, 3.8) is 0 Å². The Morgan fingerprint density at radius 3 is 2.42 bits per heavy atom. The van der Waals surface area contributed by atoms with Gasteiger partial charge in [-0.3, -0.25) is 0 Å². The number of methoxy groups -OCH3 is 2. The molecule has 38 heavy (non-hydrogen) atoms. The van der Waals surface area contributed by atoms with Gasteiger partial charge in [0.15, 0.2) is 17.6 Å². The van der Waals surface area contributed by atoms with Gasteiger partial charge in [-0.25, -0.2) is 4.79 Å². The van der Waals surface area contributed by atoms with E-state index in [-0.39, 0.29) is 24.5 Å². The Balaban J connectivity index is 1.46. The van der Waals surface area contributed by atoms with Crippen molar-refractivity contribution in [3.05, 3.63) is 41.0 Å². The molecule has 0 spiro atoms. The van der Waals surface area contributed by atoms with Crippen LogP contribution < -0.4 is 23.7 Å². The van der Waals surface area contributed by atoms with Crippen LogP contribution in [0.25, 0.3) is 0 Å². The zero-order valence-electron chi connectivity index (χ0n) is 20.4. The van der Waals surface area contributed by atoms with Crippen molar-refractivity contribution in [2.24, 2.45) is 0 Å². The summed E-state index contributed by atoms with van der Waals surface area (Å²) in [6.45, 7) is -0.142. The van der Waals surface area contributed by atoms with E-state index in [4.69, 9.17) is 28.4 Å². The van der Waals surface area contributed by atoms with Gasteiger partial charge in [-0.05, 0) is 30.2 Å². The number of carbonyl (C=O) groups is 1. The average molecular weight is 536 g/mol. The molecule has 8 atom stereocenters. The Kier molecular flexibility index (Phi) is 6.98. The maximum Gasteiger partial charge on any atom is 0.335 e. The molecule has 2 aromatic carbocycles. The van der Waals surface area contributed by atoms with Crippen molar-refractivity contribution < 1.29 is 63.9 Å². The molecule has 0 radical (unpaired) electrons. The van der Waals surface area contributed by atoms with E-state index < -0.39 is 55.0 Å². The van der Waals surface area contributed by atoms with Gasteiger partial charge in [0.05, 0.1) is 20.1 Å². The van der Waals surface area contributed by atoms with Crippen LogP contribution in [0, 0.1) is 0 Å². The molecule has 0 aromatic heterocycles. The number of hydrogen-bond acceptors (Lipinski definition) is 12. The van der Waals surface area contributed by atoms with E-state index in [1.807, 2.05) is 0 Å². The van der Waals surface area contributed by atoms with E-state index in [1.54, 1.807) is 12.1 Å². The third kappa shape index (κ3) is 4.17. The molecule has 206 valence electrons. The summed E-state index contributed by atoms with van der Waals surface area (Å²) in [6.07, 6.45) is -10.6. The van der Waals surface area contributed by atoms with Crippen molar-refractivity contribution >= 4 is 5.97 Å². The number of hydrogen-bond donors (Lipinski definition) is 6. The van der Waals surface area contributed by atoms with Crippen LogP contribution in [0.4, 0.5) is 0 Å². The predicted molar refractivity (Wildman–Crippen MR) is 124 cm³/mol. The van der Waals surface area contributed by atoms with Crippen LogP contribution in [0.2, 0.25) is 0 Å². The molecule has 5 rings (SSSR count). The first kappa shape index (κ1) is 26.3. The maximum atomic E-state index is 11.4. The normalized spacial score (nSPS) is 31.2. The highest BCUT2D eigenvalue weighted by Crippen LogP contribution is 2.59. The van der Waals surface area contributed by atoms with Gasteiger partial charge >= 0.3 is 5.97 Å². The number of aliphatic hydroxyl groups excluding tert-OH is 5. The van der Waals surface area contributed by atoms with Crippen LogP contribution in [0.3, 0.4) is 0 Å². The van der Waals surface area contributed by atoms with Gasteiger partial charge in [0.2, 0.25) is 18.3 Å². The molecule has 3 aliphatic rings. The standard InChI is InChI=1S/C25H28O13/c1-33-13-7-9(5-6-26)14-15-19(37-21(14)20(13)34-2)11-4-3-10(8-12(11)36-24(15)32)35-25-18(29)16(27)17(28)22(38-25)23(30)31/h3-4,7-8,15-19,22,24-29,32H,5-6H2,1-2H3,(H,30,31)/t15-,16-,17-,18+,19+,22-,24-,25-/m0/s1. The van der Waals surface area contributed by atoms with E-state index in [0.29, 0.717) is 33.9 Å². The molecule has 2 aromatic rings. The number of carboxylic acid groups (broad SMARTS) is 1. The Morgan fingerprint density at radius 2 is 1.76 bits per heavy atom. The third-order valence-corrected chi connectivity index (χ3v) is 6.95. The second-order valence-corrected chi connectivity index (χ2v) is 9.11. The maximum absolute atomic E-state index is 11.4. The first-order chi connectivity index (χ1) is 18.2. The van der Waals surface area contributed by atoms with Gasteiger partial charge in [-0.15, -0.1) is 0 Å². The summed E-state index contributed by atoms with van der Waals surface area (Å²) in [5.41, 5.74) is 1.89. The van der Waals surface area contributed by atoms with Crippen LogP contribution in [-0.2, 0) is 16.0 Å². The molecule has 0 unspecified atom stereocenters. The molecule has 13 heteroatoms. The van der Waals surface area contributed by atoms with Gasteiger partial charge in [-0.2, -0.15) is 0 Å². The fourth-order valence-corrected chi connectivity index (χ4v) is 5.15. The highest BCUT2D eigenvalue weighted by molar-refractivity contribution is 5.73. The highest BCUT2D eigenvalue weighted by atomic mass is 16.7. The Morgan fingerprint density at radius 1 is 1.00 bits per heavy atom. The van der Waals surface area contributed by atoms with Gasteiger partial charge < -0.3 is 59.1 Å². The minimum atomic E-state index is -1.85. The van der Waals surface area contributed by atoms with Crippen LogP contribution in [0.1, 0.15) is 28.7 Å². The lowest BCUT2D eigenvalue weighted by atomic mass is 9.84. The summed E-state index contributed by atoms with van der Waals surface area (Å²) in [7, 11) is 2.95. The number of benzene rings is 2. The summed E-state index contributed by atoms with van der Waals surface area (Å²) in [5.74, 6) is -0.809. The van der Waals surface area contributed by atoms with Gasteiger partial charge in [0, 0.05) is 23.8 Å². The average Bonchev–Trinajstić information content (AvgIpc) is 3.30. The van der Waals surface area contributed by atoms with Crippen molar-refractivity contribution in [3.8, 4) is 28.7 Å². The van der Waals surface area contributed by atoms with Gasteiger partial charge in [0.25, 0.3) is 0 Å². The molecule has 3 aliphatic heterocycles. The summed E-state index contributed by atoms with van der Waals surface area (Å²) >= 11 is 0. The lowest BCUT2D eigenvalue weighted by Crippen LogP contribution is -2.61. The third-order valence-electron chi connectivity index (χ3n) is 6.95. The summed E-state index contributed by atoms with van der Waals surface area (Å²) in [6, 6.07) is 6.24. The number of fused-ring (bicyclic) bond motifs is 5. The fourth-order valence-electron chi connectivity index (χ4n) is 5.15. The molecular weight excluding hydrogens is 508 g/mol. The smallest absolute Gasteiger partial charge is 0.335 e. The zero-order valence-corrected chi connectivity index (χ0v) is 20.4. The molecule has 6 N–H and O–H groups in total. The van der Waals surface area contributed by atoms with Crippen molar-refractivity contribution in [1.82, 2.24) is 0 Å². The molecule has 0 amide bonds. The minimum Gasteiger partial charge on any atom is -0.493 e. The van der Waals surface area contributed by atoms with E-state index >= 15 is 0 Å². The predicted octanol–water partition coefficient (Wildman–Crippen LogP) is -0.562. The number of rotatable bonds is 7. The lowest BCUT2D eigenvalue weighted by Gasteiger charge is -2.38.